The summed E-state index contributed by atoms with van der Waals surface area (Å²) >= 11 is 0. The first-order valence-electron chi connectivity index (χ1n) is 4.54. The van der Waals surface area contributed by atoms with Crippen LogP contribution in [0.5, 0.6) is 0 Å². The highest BCUT2D eigenvalue weighted by molar-refractivity contribution is 5.63. The van der Waals surface area contributed by atoms with E-state index in [0.29, 0.717) is 0 Å². The largest absolute Gasteiger partial charge is 0.509 e. The lowest BCUT2D eigenvalue weighted by molar-refractivity contribution is 0.0642. The molecule has 74 valence electrons. The van der Waals surface area contributed by atoms with Crippen molar-refractivity contribution in [3.63, 3.8) is 0 Å². The quantitative estimate of drug-likeness (QED) is 0.642. The van der Waals surface area contributed by atoms with Gasteiger partial charge in [-0.2, -0.15) is 0 Å². The van der Waals surface area contributed by atoms with Gasteiger partial charge in [-0.1, -0.05) is 30.3 Å². The predicted octanol–water partition coefficient (Wildman–Crippen LogP) is 2.67. The van der Waals surface area contributed by atoms with Crippen LogP contribution in [0.3, 0.4) is 0 Å². The summed E-state index contributed by atoms with van der Waals surface area (Å²) < 4.78 is 10.2. The average Bonchev–Trinajstić information content (AvgIpc) is 2.41. The van der Waals surface area contributed by atoms with E-state index >= 15 is 0 Å². The van der Waals surface area contributed by atoms with Crippen molar-refractivity contribution < 1.29 is 14.3 Å². The molecule has 1 atom stereocenters. The second-order valence-electron chi connectivity index (χ2n) is 3.86. The zero-order valence-electron chi connectivity index (χ0n) is 8.19. The standard InChI is InChI=1S/C11H12O3/c1-11(2)9(13-10(12)14-11)8-6-4-3-5-7-8/h3-7,9H,1-2H3/t9-/m1/s1. The topological polar surface area (TPSA) is 35.5 Å². The van der Waals surface area contributed by atoms with Gasteiger partial charge in [0.2, 0.25) is 0 Å². The van der Waals surface area contributed by atoms with Crippen LogP contribution in [0.4, 0.5) is 4.79 Å². The van der Waals surface area contributed by atoms with Crippen molar-refractivity contribution in [3.8, 4) is 0 Å². The predicted molar refractivity (Wildman–Crippen MR) is 50.8 cm³/mol. The van der Waals surface area contributed by atoms with Gasteiger partial charge >= 0.3 is 6.16 Å². The normalized spacial score (nSPS) is 24.1. The molecule has 0 bridgehead atoms. The molecule has 1 heterocycles. The Labute approximate surface area is 82.6 Å². The molecule has 1 aromatic carbocycles. The van der Waals surface area contributed by atoms with Crippen LogP contribution in [-0.4, -0.2) is 11.8 Å². The fraction of sp³-hybridized carbons (Fsp3) is 0.364. The first-order valence-corrected chi connectivity index (χ1v) is 4.54. The van der Waals surface area contributed by atoms with Gasteiger partial charge in [0, 0.05) is 0 Å². The van der Waals surface area contributed by atoms with Crippen LogP contribution in [0, 0.1) is 0 Å². The molecule has 0 aromatic heterocycles. The molecular weight excluding hydrogens is 180 g/mol. The number of rotatable bonds is 1. The zero-order valence-corrected chi connectivity index (χ0v) is 8.19. The van der Waals surface area contributed by atoms with E-state index in [2.05, 4.69) is 0 Å². The molecule has 0 N–H and O–H groups in total. The summed E-state index contributed by atoms with van der Waals surface area (Å²) in [5, 5.41) is 0. The summed E-state index contributed by atoms with van der Waals surface area (Å²) in [6, 6.07) is 9.60. The van der Waals surface area contributed by atoms with Gasteiger partial charge in [-0.05, 0) is 19.4 Å². The third-order valence-electron chi connectivity index (χ3n) is 2.29. The maximum absolute atomic E-state index is 11.0. The Morgan fingerprint density at radius 2 is 1.86 bits per heavy atom. The third-order valence-corrected chi connectivity index (χ3v) is 2.29. The van der Waals surface area contributed by atoms with E-state index in [1.165, 1.54) is 0 Å². The zero-order chi connectivity index (χ0) is 10.2. The van der Waals surface area contributed by atoms with Crippen molar-refractivity contribution in [2.75, 3.05) is 0 Å². The van der Waals surface area contributed by atoms with Crippen molar-refractivity contribution >= 4 is 6.16 Å². The van der Waals surface area contributed by atoms with Crippen LogP contribution in [-0.2, 0) is 9.47 Å². The number of benzene rings is 1. The fourth-order valence-corrected chi connectivity index (χ4v) is 1.63. The number of carbonyl (C=O) groups is 1. The van der Waals surface area contributed by atoms with Gasteiger partial charge in [0.1, 0.15) is 0 Å². The molecule has 1 fully saturated rings. The van der Waals surface area contributed by atoms with Crippen LogP contribution in [0.15, 0.2) is 30.3 Å². The van der Waals surface area contributed by atoms with Crippen LogP contribution < -0.4 is 0 Å². The van der Waals surface area contributed by atoms with E-state index in [9.17, 15) is 4.79 Å². The van der Waals surface area contributed by atoms with E-state index < -0.39 is 11.8 Å². The highest BCUT2D eigenvalue weighted by Crippen LogP contribution is 2.38. The monoisotopic (exact) mass is 192 g/mol. The van der Waals surface area contributed by atoms with E-state index in [-0.39, 0.29) is 6.10 Å². The first kappa shape index (κ1) is 9.06. The Balaban J connectivity index is 2.32. The van der Waals surface area contributed by atoms with E-state index in [1.807, 2.05) is 44.2 Å². The second-order valence-corrected chi connectivity index (χ2v) is 3.86. The van der Waals surface area contributed by atoms with Crippen molar-refractivity contribution in [1.82, 2.24) is 0 Å². The minimum atomic E-state index is -0.594. The molecule has 1 saturated heterocycles. The Bertz CT molecular complexity index is 343. The lowest BCUT2D eigenvalue weighted by atomic mass is 9.95. The number of ether oxygens (including phenoxy) is 2. The van der Waals surface area contributed by atoms with Gasteiger partial charge in [-0.3, -0.25) is 0 Å². The average molecular weight is 192 g/mol. The Hall–Kier alpha value is -1.51. The van der Waals surface area contributed by atoms with Crippen LogP contribution in [0.2, 0.25) is 0 Å². The van der Waals surface area contributed by atoms with E-state index in [4.69, 9.17) is 9.47 Å². The van der Waals surface area contributed by atoms with Gasteiger partial charge in [0.15, 0.2) is 11.7 Å². The van der Waals surface area contributed by atoms with Gasteiger partial charge in [-0.25, -0.2) is 4.79 Å². The molecule has 1 aliphatic rings. The van der Waals surface area contributed by atoms with Crippen molar-refractivity contribution in [3.05, 3.63) is 35.9 Å². The summed E-state index contributed by atoms with van der Waals surface area (Å²) in [6.07, 6.45) is -0.903. The molecule has 0 radical (unpaired) electrons. The molecule has 0 spiro atoms. The van der Waals surface area contributed by atoms with Crippen molar-refractivity contribution in [2.24, 2.45) is 0 Å². The maximum Gasteiger partial charge on any atom is 0.509 e. The van der Waals surface area contributed by atoms with Gasteiger partial charge in [0.05, 0.1) is 0 Å². The van der Waals surface area contributed by atoms with Crippen LogP contribution in [0.25, 0.3) is 0 Å². The molecule has 1 aromatic rings. The van der Waals surface area contributed by atoms with Gasteiger partial charge < -0.3 is 9.47 Å². The first-order chi connectivity index (χ1) is 6.59. The van der Waals surface area contributed by atoms with Gasteiger partial charge in [0.25, 0.3) is 0 Å². The highest BCUT2D eigenvalue weighted by Gasteiger charge is 2.44. The highest BCUT2D eigenvalue weighted by atomic mass is 16.8. The van der Waals surface area contributed by atoms with Crippen LogP contribution >= 0.6 is 0 Å². The Kier molecular flexibility index (Phi) is 1.95. The molecular formula is C11H12O3. The summed E-state index contributed by atoms with van der Waals surface area (Å²) in [6.45, 7) is 3.69. The lowest BCUT2D eigenvalue weighted by Gasteiger charge is -2.21. The summed E-state index contributed by atoms with van der Waals surface area (Å²) in [7, 11) is 0. The second kappa shape index (κ2) is 3.01. The minimum absolute atomic E-state index is 0.309. The minimum Gasteiger partial charge on any atom is -0.424 e. The lowest BCUT2D eigenvalue weighted by Crippen LogP contribution is -2.26. The van der Waals surface area contributed by atoms with Crippen molar-refractivity contribution in [2.45, 2.75) is 25.6 Å². The Morgan fingerprint density at radius 1 is 1.21 bits per heavy atom. The number of hydrogen-bond donors (Lipinski definition) is 0. The van der Waals surface area contributed by atoms with Crippen LogP contribution in [0.1, 0.15) is 25.5 Å². The number of hydrogen-bond acceptors (Lipinski definition) is 3. The molecule has 0 amide bonds. The molecule has 0 aliphatic carbocycles. The fourth-order valence-electron chi connectivity index (χ4n) is 1.63. The molecule has 0 unspecified atom stereocenters. The molecule has 3 heteroatoms. The van der Waals surface area contributed by atoms with Crippen molar-refractivity contribution in [1.29, 1.82) is 0 Å². The Morgan fingerprint density at radius 3 is 2.36 bits per heavy atom. The molecule has 14 heavy (non-hydrogen) atoms. The molecule has 1 aliphatic heterocycles. The third kappa shape index (κ3) is 1.45. The summed E-state index contributed by atoms with van der Waals surface area (Å²) in [4.78, 5) is 11.0. The number of carbonyl (C=O) groups excluding carboxylic acids is 1. The molecule has 0 saturated carbocycles. The summed E-state index contributed by atoms with van der Waals surface area (Å²) in [5.41, 5.74) is 0.377. The molecule has 2 rings (SSSR count). The molecule has 3 nitrogen and oxygen atoms in total. The van der Waals surface area contributed by atoms with Gasteiger partial charge in [-0.15, -0.1) is 0 Å². The van der Waals surface area contributed by atoms with E-state index in [0.717, 1.165) is 5.56 Å². The number of cyclic esters (lactones) is 2. The van der Waals surface area contributed by atoms with E-state index in [1.54, 1.807) is 0 Å². The smallest absolute Gasteiger partial charge is 0.424 e. The SMILES string of the molecule is CC1(C)OC(=O)O[C@@H]1c1ccccc1. The summed E-state index contributed by atoms with van der Waals surface area (Å²) in [5.74, 6) is 0. The maximum atomic E-state index is 11.0.